The van der Waals surface area contributed by atoms with Crippen molar-refractivity contribution in [1.29, 1.82) is 0 Å². The lowest BCUT2D eigenvalue weighted by Crippen LogP contribution is -2.56. The zero-order valence-electron chi connectivity index (χ0n) is 20.6. The van der Waals surface area contributed by atoms with Crippen LogP contribution in [0.3, 0.4) is 0 Å². The van der Waals surface area contributed by atoms with Gasteiger partial charge in [-0.25, -0.2) is 9.78 Å². The third kappa shape index (κ3) is 4.63. The van der Waals surface area contributed by atoms with Crippen LogP contribution in [0.4, 0.5) is 4.79 Å². The van der Waals surface area contributed by atoms with E-state index in [1.54, 1.807) is 17.5 Å². The zero-order valence-corrected chi connectivity index (χ0v) is 21.4. The summed E-state index contributed by atoms with van der Waals surface area (Å²) in [6, 6.07) is 23.7. The molecule has 0 unspecified atom stereocenters. The molecule has 2 fully saturated rings. The number of aromatic nitrogens is 2. The van der Waals surface area contributed by atoms with E-state index in [-0.39, 0.29) is 18.5 Å². The average molecular weight is 512 g/mol. The summed E-state index contributed by atoms with van der Waals surface area (Å²) in [5.41, 5.74) is 2.11. The molecule has 2 aromatic carbocycles. The van der Waals surface area contributed by atoms with Crippen LogP contribution in [0.25, 0.3) is 10.2 Å². The van der Waals surface area contributed by atoms with E-state index < -0.39 is 5.54 Å². The highest BCUT2D eigenvalue weighted by Gasteiger charge is 2.57. The zero-order chi connectivity index (χ0) is 25.2. The minimum Gasteiger partial charge on any atom is -0.309 e. The fourth-order valence-corrected chi connectivity index (χ4v) is 6.52. The minimum absolute atomic E-state index is 0.0872. The highest BCUT2D eigenvalue weighted by molar-refractivity contribution is 7.18. The Morgan fingerprint density at radius 1 is 0.865 bits per heavy atom. The molecule has 4 aromatic rings. The number of pyridine rings is 1. The third-order valence-corrected chi connectivity index (χ3v) is 8.54. The second-order valence-corrected chi connectivity index (χ2v) is 10.9. The Balaban J connectivity index is 1.21. The summed E-state index contributed by atoms with van der Waals surface area (Å²) in [6.45, 7) is 2.98. The van der Waals surface area contributed by atoms with Crippen LogP contribution in [0.2, 0.25) is 0 Å². The van der Waals surface area contributed by atoms with Gasteiger partial charge in [-0.15, -0.1) is 11.3 Å². The molecule has 4 heterocycles. The van der Waals surface area contributed by atoms with Gasteiger partial charge in [-0.05, 0) is 49.1 Å². The van der Waals surface area contributed by atoms with E-state index in [1.165, 1.54) is 9.60 Å². The summed E-state index contributed by atoms with van der Waals surface area (Å²) in [5, 5.41) is 1.09. The summed E-state index contributed by atoms with van der Waals surface area (Å²) >= 11 is 1.72. The number of likely N-dealkylation sites (tertiary alicyclic amines) is 1. The average Bonchev–Trinajstić information content (AvgIpc) is 3.42. The number of imide groups is 1. The third-order valence-electron chi connectivity index (χ3n) is 7.52. The second-order valence-electron chi connectivity index (χ2n) is 9.77. The number of amides is 3. The minimum atomic E-state index is -0.801. The molecule has 37 heavy (non-hydrogen) atoms. The number of nitrogens with zero attached hydrogens (tertiary/aromatic N) is 5. The normalized spacial score (nSPS) is 17.8. The lowest BCUT2D eigenvalue weighted by molar-refractivity contribution is -0.136. The lowest BCUT2D eigenvalue weighted by Gasteiger charge is -2.42. The van der Waals surface area contributed by atoms with Crippen molar-refractivity contribution in [1.82, 2.24) is 24.7 Å². The summed E-state index contributed by atoms with van der Waals surface area (Å²) in [5.74, 6) is -0.0872. The predicted molar refractivity (Wildman–Crippen MR) is 144 cm³/mol. The summed E-state index contributed by atoms with van der Waals surface area (Å²) in [4.78, 5) is 42.3. The van der Waals surface area contributed by atoms with Crippen LogP contribution in [0.1, 0.15) is 29.1 Å². The smallest absolute Gasteiger partial charge is 0.309 e. The largest absolute Gasteiger partial charge is 0.328 e. The number of thiazole rings is 1. The first kappa shape index (κ1) is 23.8. The van der Waals surface area contributed by atoms with Gasteiger partial charge in [-0.1, -0.05) is 48.5 Å². The molecule has 8 heteroatoms. The number of benzene rings is 2. The monoisotopic (exact) mass is 511 g/mol. The predicted octanol–water partition coefficient (Wildman–Crippen LogP) is 4.73. The van der Waals surface area contributed by atoms with E-state index >= 15 is 0 Å². The topological polar surface area (TPSA) is 69.6 Å². The molecule has 0 saturated carbocycles. The maximum Gasteiger partial charge on any atom is 0.328 e. The number of urea groups is 1. The van der Waals surface area contributed by atoms with Crippen LogP contribution >= 0.6 is 11.3 Å². The van der Waals surface area contributed by atoms with Crippen LogP contribution in [0.5, 0.6) is 0 Å². The van der Waals surface area contributed by atoms with Gasteiger partial charge in [0.15, 0.2) is 0 Å². The maximum absolute atomic E-state index is 13.9. The number of rotatable bonds is 7. The molecular formula is C29H29N5O2S. The van der Waals surface area contributed by atoms with Gasteiger partial charge >= 0.3 is 6.03 Å². The first-order valence-electron chi connectivity index (χ1n) is 12.8. The Kier molecular flexibility index (Phi) is 6.44. The number of hydrogen-bond donors (Lipinski definition) is 0. The number of hydrogen-bond acceptors (Lipinski definition) is 6. The highest BCUT2D eigenvalue weighted by atomic mass is 32.1. The van der Waals surface area contributed by atoms with Crippen molar-refractivity contribution < 1.29 is 9.59 Å². The van der Waals surface area contributed by atoms with Crippen molar-refractivity contribution in [3.8, 4) is 0 Å². The van der Waals surface area contributed by atoms with Crippen molar-refractivity contribution in [2.45, 2.75) is 37.9 Å². The molecule has 0 atom stereocenters. The quantitative estimate of drug-likeness (QED) is 0.336. The van der Waals surface area contributed by atoms with E-state index in [4.69, 9.17) is 4.98 Å². The molecule has 0 N–H and O–H groups in total. The summed E-state index contributed by atoms with van der Waals surface area (Å²) in [7, 11) is 0. The molecule has 2 saturated heterocycles. The van der Waals surface area contributed by atoms with Gasteiger partial charge in [0.2, 0.25) is 0 Å². The molecule has 7 nitrogen and oxygen atoms in total. The van der Waals surface area contributed by atoms with Crippen LogP contribution in [-0.2, 0) is 24.3 Å². The van der Waals surface area contributed by atoms with Crippen molar-refractivity contribution >= 4 is 33.5 Å². The van der Waals surface area contributed by atoms with Crippen LogP contribution < -0.4 is 0 Å². The SMILES string of the molecule is O=C1N(Cc2ccccn2)C(=O)C2(CCN(Cc3nc4ccccc4s3)CC2)N1CCc1ccccc1. The molecule has 2 aliphatic rings. The van der Waals surface area contributed by atoms with Gasteiger partial charge in [-0.3, -0.25) is 19.6 Å². The van der Waals surface area contributed by atoms with Gasteiger partial charge in [0.1, 0.15) is 10.5 Å². The van der Waals surface area contributed by atoms with Crippen molar-refractivity contribution in [2.24, 2.45) is 0 Å². The molecule has 6 rings (SSSR count). The van der Waals surface area contributed by atoms with E-state index in [2.05, 4.69) is 28.1 Å². The lowest BCUT2D eigenvalue weighted by atomic mass is 9.85. The Morgan fingerprint density at radius 2 is 1.62 bits per heavy atom. The van der Waals surface area contributed by atoms with Crippen LogP contribution in [0.15, 0.2) is 79.0 Å². The molecule has 188 valence electrons. The highest BCUT2D eigenvalue weighted by Crippen LogP contribution is 2.38. The first-order chi connectivity index (χ1) is 18.1. The van der Waals surface area contributed by atoms with Crippen molar-refractivity contribution in [3.05, 3.63) is 95.3 Å². The molecule has 3 amide bonds. The number of piperidine rings is 1. The van der Waals surface area contributed by atoms with E-state index in [1.807, 2.05) is 59.5 Å². The van der Waals surface area contributed by atoms with Gasteiger partial charge < -0.3 is 4.90 Å². The molecule has 0 radical (unpaired) electrons. The van der Waals surface area contributed by atoms with Crippen LogP contribution in [-0.4, -0.2) is 61.8 Å². The number of carbonyl (C=O) groups excluding carboxylic acids is 2. The van der Waals surface area contributed by atoms with Gasteiger partial charge in [0.25, 0.3) is 5.91 Å². The van der Waals surface area contributed by atoms with Gasteiger partial charge in [-0.2, -0.15) is 0 Å². The molecule has 1 spiro atoms. The molecule has 0 aliphatic carbocycles. The maximum atomic E-state index is 13.9. The van der Waals surface area contributed by atoms with Crippen molar-refractivity contribution in [3.63, 3.8) is 0 Å². The van der Waals surface area contributed by atoms with Gasteiger partial charge in [0, 0.05) is 25.8 Å². The van der Waals surface area contributed by atoms with E-state index in [0.717, 1.165) is 41.4 Å². The molecule has 0 bridgehead atoms. The fraction of sp³-hybridized carbons (Fsp3) is 0.310. The standard InChI is InChI=1S/C29H29N5O2S/c35-27-29(14-18-32(19-15-29)21-26-31-24-11-4-5-12-25(24)37-26)34(17-13-22-8-2-1-3-9-22)28(36)33(27)20-23-10-6-7-16-30-23/h1-12,16H,13-15,17-21H2. The Hall–Kier alpha value is -3.62. The Morgan fingerprint density at radius 3 is 2.38 bits per heavy atom. The van der Waals surface area contributed by atoms with Gasteiger partial charge in [0.05, 0.1) is 29.0 Å². The molecule has 2 aliphatic heterocycles. The van der Waals surface area contributed by atoms with Crippen molar-refractivity contribution in [2.75, 3.05) is 19.6 Å². The number of carbonyl (C=O) groups is 2. The Labute approximate surface area is 220 Å². The second kappa shape index (κ2) is 10.0. The van der Waals surface area contributed by atoms with E-state index in [9.17, 15) is 9.59 Å². The number of para-hydroxylation sites is 1. The Bertz CT molecular complexity index is 1370. The number of fused-ring (bicyclic) bond motifs is 1. The van der Waals surface area contributed by atoms with E-state index in [0.29, 0.717) is 25.8 Å². The summed E-state index contributed by atoms with van der Waals surface area (Å²) in [6.07, 6.45) is 3.66. The van der Waals surface area contributed by atoms with Crippen LogP contribution in [0, 0.1) is 0 Å². The molecule has 2 aromatic heterocycles. The summed E-state index contributed by atoms with van der Waals surface area (Å²) < 4.78 is 1.19. The fourth-order valence-electron chi connectivity index (χ4n) is 5.51. The molecular weight excluding hydrogens is 482 g/mol. The first-order valence-corrected chi connectivity index (χ1v) is 13.6.